The second-order valence-corrected chi connectivity index (χ2v) is 7.82. The zero-order valence-corrected chi connectivity index (χ0v) is 16.6. The third-order valence-electron chi connectivity index (χ3n) is 5.92. The standard InChI is InChI=1S/C21H25N3O4/c1-5-27-21(26)17-11(2)6-7-14-9-24(10-16(14)17)20(25)15-8-12(3)22-19-18(15)13(4)23-28-19/h6-8,11,14,16-17H,5,9-10H2,1-4H3/t11-,14-,16+,17+/m0/s1. The Balaban J connectivity index is 1.64. The summed E-state index contributed by atoms with van der Waals surface area (Å²) < 4.78 is 10.6. The van der Waals surface area contributed by atoms with E-state index in [0.29, 0.717) is 47.7 Å². The fourth-order valence-corrected chi connectivity index (χ4v) is 4.62. The van der Waals surface area contributed by atoms with Crippen LogP contribution in [0.1, 0.15) is 35.6 Å². The van der Waals surface area contributed by atoms with E-state index in [0.717, 1.165) is 0 Å². The van der Waals surface area contributed by atoms with E-state index in [4.69, 9.17) is 9.26 Å². The van der Waals surface area contributed by atoms with Crippen LogP contribution < -0.4 is 0 Å². The topological polar surface area (TPSA) is 85.5 Å². The summed E-state index contributed by atoms with van der Waals surface area (Å²) in [6.07, 6.45) is 4.23. The molecule has 2 aliphatic rings. The SMILES string of the molecule is CCOC(=O)[C@H]1[C@@H]2CN(C(=O)c3cc(C)nc4onc(C)c34)C[C@@H]2C=C[C@@H]1C. The number of amides is 1. The molecule has 0 aromatic carbocycles. The van der Waals surface area contributed by atoms with Crippen LogP contribution >= 0.6 is 0 Å². The van der Waals surface area contributed by atoms with Gasteiger partial charge < -0.3 is 14.2 Å². The van der Waals surface area contributed by atoms with Crippen molar-refractivity contribution in [1.82, 2.24) is 15.0 Å². The van der Waals surface area contributed by atoms with Crippen molar-refractivity contribution in [2.24, 2.45) is 23.7 Å². The summed E-state index contributed by atoms with van der Waals surface area (Å²) in [6, 6.07) is 1.79. The van der Waals surface area contributed by atoms with Gasteiger partial charge in [0.05, 0.1) is 29.2 Å². The number of pyridine rings is 1. The molecule has 2 aromatic heterocycles. The molecule has 1 amide bonds. The van der Waals surface area contributed by atoms with Gasteiger partial charge in [-0.25, -0.2) is 4.98 Å². The van der Waals surface area contributed by atoms with E-state index < -0.39 is 0 Å². The van der Waals surface area contributed by atoms with E-state index in [9.17, 15) is 9.59 Å². The molecule has 4 rings (SSSR count). The number of ether oxygens (including phenoxy) is 1. The molecule has 0 unspecified atom stereocenters. The van der Waals surface area contributed by atoms with Crippen molar-refractivity contribution in [3.05, 3.63) is 35.2 Å². The fourth-order valence-electron chi connectivity index (χ4n) is 4.62. The van der Waals surface area contributed by atoms with Crippen LogP contribution in [-0.4, -0.2) is 46.6 Å². The maximum atomic E-state index is 13.4. The zero-order valence-electron chi connectivity index (χ0n) is 16.6. The fraction of sp³-hybridized carbons (Fsp3) is 0.524. The van der Waals surface area contributed by atoms with Gasteiger partial charge in [-0.3, -0.25) is 9.59 Å². The molecule has 0 radical (unpaired) electrons. The number of hydrogen-bond acceptors (Lipinski definition) is 6. The van der Waals surface area contributed by atoms with E-state index in [2.05, 4.69) is 22.3 Å². The van der Waals surface area contributed by atoms with E-state index >= 15 is 0 Å². The lowest BCUT2D eigenvalue weighted by Gasteiger charge is -2.31. The Hall–Kier alpha value is -2.70. The Morgan fingerprint density at radius 2 is 2.07 bits per heavy atom. The average molecular weight is 383 g/mol. The van der Waals surface area contributed by atoms with Crippen LogP contribution in [0.25, 0.3) is 11.1 Å². The van der Waals surface area contributed by atoms with Crippen LogP contribution in [0.3, 0.4) is 0 Å². The van der Waals surface area contributed by atoms with Crippen LogP contribution in [0, 0.1) is 37.5 Å². The molecule has 0 saturated carbocycles. The van der Waals surface area contributed by atoms with E-state index in [-0.39, 0.29) is 35.5 Å². The molecule has 0 spiro atoms. The monoisotopic (exact) mass is 383 g/mol. The molecular weight excluding hydrogens is 358 g/mol. The molecule has 0 bridgehead atoms. The van der Waals surface area contributed by atoms with Gasteiger partial charge in [-0.15, -0.1) is 0 Å². The number of likely N-dealkylation sites (tertiary alicyclic amines) is 1. The van der Waals surface area contributed by atoms with Gasteiger partial charge in [-0.2, -0.15) is 0 Å². The Morgan fingerprint density at radius 1 is 1.29 bits per heavy atom. The number of carbonyl (C=O) groups is 2. The lowest BCUT2D eigenvalue weighted by Crippen LogP contribution is -2.37. The minimum absolute atomic E-state index is 0.0696. The summed E-state index contributed by atoms with van der Waals surface area (Å²) in [6.45, 7) is 9.00. The van der Waals surface area contributed by atoms with E-state index in [1.807, 2.05) is 32.6 Å². The Labute approximate surface area is 163 Å². The number of carbonyl (C=O) groups excluding carboxylic acids is 2. The first-order chi connectivity index (χ1) is 13.4. The van der Waals surface area contributed by atoms with Crippen molar-refractivity contribution < 1.29 is 18.8 Å². The maximum absolute atomic E-state index is 13.4. The molecule has 7 nitrogen and oxygen atoms in total. The largest absolute Gasteiger partial charge is 0.466 e. The number of esters is 1. The minimum atomic E-state index is -0.218. The number of aryl methyl sites for hydroxylation is 2. The molecule has 1 saturated heterocycles. The average Bonchev–Trinajstić information content (AvgIpc) is 3.24. The molecule has 2 aromatic rings. The van der Waals surface area contributed by atoms with Crippen molar-refractivity contribution in [2.45, 2.75) is 27.7 Å². The van der Waals surface area contributed by atoms with Crippen LogP contribution in [0.2, 0.25) is 0 Å². The third-order valence-corrected chi connectivity index (χ3v) is 5.92. The maximum Gasteiger partial charge on any atom is 0.309 e. The Kier molecular flexibility index (Phi) is 4.69. The minimum Gasteiger partial charge on any atom is -0.466 e. The molecule has 7 heteroatoms. The number of rotatable bonds is 3. The van der Waals surface area contributed by atoms with E-state index in [1.165, 1.54) is 0 Å². The Morgan fingerprint density at radius 3 is 2.82 bits per heavy atom. The smallest absolute Gasteiger partial charge is 0.309 e. The van der Waals surface area contributed by atoms with Crippen molar-refractivity contribution in [3.8, 4) is 0 Å². The lowest BCUT2D eigenvalue weighted by molar-refractivity contribution is -0.152. The predicted molar refractivity (Wildman–Crippen MR) is 103 cm³/mol. The molecule has 1 aliphatic heterocycles. The zero-order chi connectivity index (χ0) is 20.0. The van der Waals surface area contributed by atoms with Gasteiger partial charge in [0, 0.05) is 18.8 Å². The Bertz CT molecular complexity index is 964. The summed E-state index contributed by atoms with van der Waals surface area (Å²) in [4.78, 5) is 32.1. The first kappa shape index (κ1) is 18.7. The number of aromatic nitrogens is 2. The first-order valence-electron chi connectivity index (χ1n) is 9.78. The molecule has 1 aliphatic carbocycles. The second kappa shape index (κ2) is 7.04. The normalized spacial score (nSPS) is 26.5. The summed E-state index contributed by atoms with van der Waals surface area (Å²) in [5.74, 6) is -0.114. The summed E-state index contributed by atoms with van der Waals surface area (Å²) >= 11 is 0. The first-order valence-corrected chi connectivity index (χ1v) is 9.78. The van der Waals surface area contributed by atoms with Crippen LogP contribution in [-0.2, 0) is 9.53 Å². The molecule has 3 heterocycles. The lowest BCUT2D eigenvalue weighted by atomic mass is 9.72. The summed E-state index contributed by atoms with van der Waals surface area (Å²) in [5, 5.41) is 4.63. The van der Waals surface area contributed by atoms with Gasteiger partial charge in [0.25, 0.3) is 11.6 Å². The second-order valence-electron chi connectivity index (χ2n) is 7.82. The third kappa shape index (κ3) is 2.99. The highest BCUT2D eigenvalue weighted by Gasteiger charge is 2.46. The van der Waals surface area contributed by atoms with Crippen LogP contribution in [0.4, 0.5) is 0 Å². The van der Waals surface area contributed by atoms with E-state index in [1.54, 1.807) is 6.07 Å². The van der Waals surface area contributed by atoms with Gasteiger partial charge in [-0.05, 0) is 44.6 Å². The molecule has 4 atom stereocenters. The highest BCUT2D eigenvalue weighted by molar-refractivity contribution is 6.06. The highest BCUT2D eigenvalue weighted by atomic mass is 16.5. The predicted octanol–water partition coefficient (Wildman–Crippen LogP) is 2.91. The van der Waals surface area contributed by atoms with Gasteiger partial charge >= 0.3 is 5.97 Å². The van der Waals surface area contributed by atoms with Crippen LogP contribution in [0.5, 0.6) is 0 Å². The summed E-state index contributed by atoms with van der Waals surface area (Å²) in [5.41, 5.74) is 2.31. The number of fused-ring (bicyclic) bond motifs is 2. The molecule has 28 heavy (non-hydrogen) atoms. The van der Waals surface area contributed by atoms with Crippen molar-refractivity contribution in [1.29, 1.82) is 0 Å². The van der Waals surface area contributed by atoms with Gasteiger partial charge in [0.2, 0.25) is 0 Å². The number of hydrogen-bond donors (Lipinski definition) is 0. The van der Waals surface area contributed by atoms with Crippen molar-refractivity contribution >= 4 is 23.0 Å². The molecule has 1 fully saturated rings. The highest BCUT2D eigenvalue weighted by Crippen LogP contribution is 2.40. The van der Waals surface area contributed by atoms with Crippen molar-refractivity contribution in [3.63, 3.8) is 0 Å². The quantitative estimate of drug-likeness (QED) is 0.598. The van der Waals surface area contributed by atoms with Gasteiger partial charge in [0.15, 0.2) is 0 Å². The number of nitrogens with zero attached hydrogens (tertiary/aromatic N) is 3. The van der Waals surface area contributed by atoms with Crippen LogP contribution in [0.15, 0.2) is 22.7 Å². The molecule has 0 N–H and O–H groups in total. The van der Waals surface area contributed by atoms with Crippen molar-refractivity contribution in [2.75, 3.05) is 19.7 Å². The number of allylic oxidation sites excluding steroid dienone is 1. The molecular formula is C21H25N3O4. The summed E-state index contributed by atoms with van der Waals surface area (Å²) in [7, 11) is 0. The van der Waals surface area contributed by atoms with Gasteiger partial charge in [-0.1, -0.05) is 24.2 Å². The molecule has 148 valence electrons. The van der Waals surface area contributed by atoms with Gasteiger partial charge in [0.1, 0.15) is 0 Å².